The van der Waals surface area contributed by atoms with Crippen LogP contribution in [0.4, 0.5) is 0 Å². The van der Waals surface area contributed by atoms with Gasteiger partial charge in [0.25, 0.3) is 5.91 Å². The average Bonchev–Trinajstić information content (AvgIpc) is 3.08. The fourth-order valence-electron chi connectivity index (χ4n) is 6.24. The van der Waals surface area contributed by atoms with Crippen molar-refractivity contribution in [3.63, 3.8) is 0 Å². The van der Waals surface area contributed by atoms with Crippen molar-refractivity contribution < 1.29 is 28.9 Å². The minimum Gasteiger partial charge on any atom is -0.504 e. The quantitative estimate of drug-likeness (QED) is 0.229. The number of methoxy groups -OCH3 is 3. The number of aromatic hydroxyl groups is 1. The summed E-state index contributed by atoms with van der Waals surface area (Å²) in [7, 11) is 6.52. The van der Waals surface area contributed by atoms with Crippen LogP contribution in [0.25, 0.3) is 0 Å². The van der Waals surface area contributed by atoms with Crippen LogP contribution < -0.4 is 14.2 Å². The lowest BCUT2D eigenvalue weighted by atomic mass is 9.96. The summed E-state index contributed by atoms with van der Waals surface area (Å²) < 4.78 is 15.9. The summed E-state index contributed by atoms with van der Waals surface area (Å²) in [4.78, 5) is 33.2. The standard InChI is InChI=1S/C37H49N3O6/c1-7-29(8-2)37(43)40(31-17-19-39(20-18-31)24-27-11-15-33(44-4)32(41)21-27)25-26-9-13-30(14-10-26)36(42)38(3)23-28-12-16-34(45-5)35(22-28)46-6/h9-16,21-22,29,31,41H,7-8,17-20,23-25H2,1-6H3. The second-order valence-electron chi connectivity index (χ2n) is 12.0. The molecule has 0 atom stereocenters. The predicted octanol–water partition coefficient (Wildman–Crippen LogP) is 6.12. The molecule has 9 heteroatoms. The Labute approximate surface area is 273 Å². The van der Waals surface area contributed by atoms with Gasteiger partial charge in [-0.1, -0.05) is 38.1 Å². The number of phenols is 1. The Hall–Kier alpha value is -4.24. The maximum absolute atomic E-state index is 13.8. The number of nitrogens with zero attached hydrogens (tertiary/aromatic N) is 3. The molecule has 0 bridgehead atoms. The summed E-state index contributed by atoms with van der Waals surface area (Å²) >= 11 is 0. The molecule has 9 nitrogen and oxygen atoms in total. The van der Waals surface area contributed by atoms with Crippen molar-refractivity contribution in [3.05, 3.63) is 82.9 Å². The van der Waals surface area contributed by atoms with Crippen molar-refractivity contribution in [2.75, 3.05) is 41.5 Å². The third-order valence-electron chi connectivity index (χ3n) is 9.03. The second kappa shape index (κ2) is 16.4. The molecule has 0 aromatic heterocycles. The minimum absolute atomic E-state index is 0.00798. The van der Waals surface area contributed by atoms with Crippen molar-refractivity contribution in [3.8, 4) is 23.0 Å². The molecule has 2 amide bonds. The van der Waals surface area contributed by atoms with Gasteiger partial charge in [-0.2, -0.15) is 0 Å². The summed E-state index contributed by atoms with van der Waals surface area (Å²) in [5, 5.41) is 10.2. The number of carbonyl (C=O) groups excluding carboxylic acids is 2. The van der Waals surface area contributed by atoms with Crippen molar-refractivity contribution >= 4 is 11.8 Å². The fourth-order valence-corrected chi connectivity index (χ4v) is 6.24. The molecule has 1 saturated heterocycles. The summed E-state index contributed by atoms with van der Waals surface area (Å²) in [5.74, 6) is 2.01. The van der Waals surface area contributed by atoms with Gasteiger partial charge in [-0.15, -0.1) is 0 Å². The Morgan fingerprint density at radius 1 is 0.804 bits per heavy atom. The van der Waals surface area contributed by atoms with E-state index in [1.807, 2.05) is 48.5 Å². The van der Waals surface area contributed by atoms with Crippen LogP contribution in [0.5, 0.6) is 23.0 Å². The Balaban J connectivity index is 1.41. The van der Waals surface area contributed by atoms with E-state index in [-0.39, 0.29) is 29.5 Å². The monoisotopic (exact) mass is 631 g/mol. The van der Waals surface area contributed by atoms with Crippen molar-refractivity contribution in [2.24, 2.45) is 5.92 Å². The SMILES string of the molecule is CCC(CC)C(=O)N(Cc1ccc(C(=O)N(C)Cc2ccc(OC)c(OC)c2)cc1)C1CCN(Cc2ccc(OC)c(O)c2)CC1. The van der Waals surface area contributed by atoms with Gasteiger partial charge < -0.3 is 29.1 Å². The maximum atomic E-state index is 13.8. The lowest BCUT2D eigenvalue weighted by Gasteiger charge is -2.40. The van der Waals surface area contributed by atoms with Gasteiger partial charge in [0.15, 0.2) is 23.0 Å². The largest absolute Gasteiger partial charge is 0.504 e. The van der Waals surface area contributed by atoms with E-state index >= 15 is 0 Å². The first-order valence-corrected chi connectivity index (χ1v) is 16.1. The van der Waals surface area contributed by atoms with Crippen LogP contribution in [0.1, 0.15) is 66.6 Å². The lowest BCUT2D eigenvalue weighted by molar-refractivity contribution is -0.140. The van der Waals surface area contributed by atoms with E-state index in [0.29, 0.717) is 35.9 Å². The number of phenolic OH excluding ortho intramolecular Hbond substituents is 1. The summed E-state index contributed by atoms with van der Waals surface area (Å²) in [5.41, 5.74) is 3.58. The molecule has 0 unspecified atom stereocenters. The van der Waals surface area contributed by atoms with Crippen LogP contribution in [0, 0.1) is 5.92 Å². The van der Waals surface area contributed by atoms with Crippen LogP contribution in [0.15, 0.2) is 60.7 Å². The zero-order chi connectivity index (χ0) is 33.2. The molecule has 1 aliphatic heterocycles. The zero-order valence-corrected chi connectivity index (χ0v) is 28.1. The van der Waals surface area contributed by atoms with E-state index in [1.54, 1.807) is 45.4 Å². The van der Waals surface area contributed by atoms with Crippen LogP contribution >= 0.6 is 0 Å². The number of amides is 2. The summed E-state index contributed by atoms with van der Waals surface area (Å²) in [6.45, 7) is 7.57. The van der Waals surface area contributed by atoms with Crippen molar-refractivity contribution in [1.82, 2.24) is 14.7 Å². The highest BCUT2D eigenvalue weighted by Crippen LogP contribution is 2.30. The molecular formula is C37H49N3O6. The first kappa shape index (κ1) is 34.6. The molecule has 46 heavy (non-hydrogen) atoms. The van der Waals surface area contributed by atoms with Gasteiger partial charge in [-0.05, 0) is 78.8 Å². The lowest BCUT2D eigenvalue weighted by Crippen LogP contribution is -2.48. The zero-order valence-electron chi connectivity index (χ0n) is 28.1. The van der Waals surface area contributed by atoms with Gasteiger partial charge in [0, 0.05) is 57.3 Å². The third kappa shape index (κ3) is 8.51. The van der Waals surface area contributed by atoms with Crippen molar-refractivity contribution in [2.45, 2.75) is 65.2 Å². The number of hydrogen-bond acceptors (Lipinski definition) is 7. The summed E-state index contributed by atoms with van der Waals surface area (Å²) in [6, 6.07) is 19.0. The molecule has 248 valence electrons. The van der Waals surface area contributed by atoms with E-state index in [4.69, 9.17) is 14.2 Å². The molecule has 4 rings (SSSR count). The van der Waals surface area contributed by atoms with Crippen LogP contribution in [0.3, 0.4) is 0 Å². The van der Waals surface area contributed by atoms with E-state index in [0.717, 1.165) is 62.0 Å². The predicted molar refractivity (Wildman–Crippen MR) is 179 cm³/mol. The highest BCUT2D eigenvalue weighted by molar-refractivity contribution is 5.94. The fraction of sp³-hybridized carbons (Fsp3) is 0.459. The first-order valence-electron chi connectivity index (χ1n) is 16.1. The van der Waals surface area contributed by atoms with Crippen LogP contribution in [-0.2, 0) is 24.4 Å². The topological polar surface area (TPSA) is 91.8 Å². The number of piperidine rings is 1. The Morgan fingerprint density at radius 3 is 1.98 bits per heavy atom. The smallest absolute Gasteiger partial charge is 0.253 e. The molecule has 0 saturated carbocycles. The third-order valence-corrected chi connectivity index (χ3v) is 9.03. The number of rotatable bonds is 14. The summed E-state index contributed by atoms with van der Waals surface area (Å²) in [6.07, 6.45) is 3.38. The van der Waals surface area contributed by atoms with E-state index in [9.17, 15) is 14.7 Å². The van der Waals surface area contributed by atoms with Crippen molar-refractivity contribution in [1.29, 1.82) is 0 Å². The second-order valence-corrected chi connectivity index (χ2v) is 12.0. The average molecular weight is 632 g/mol. The Bertz CT molecular complexity index is 1450. The van der Waals surface area contributed by atoms with Gasteiger partial charge in [0.2, 0.25) is 5.91 Å². The van der Waals surface area contributed by atoms with Gasteiger partial charge in [-0.3, -0.25) is 14.5 Å². The van der Waals surface area contributed by atoms with E-state index in [2.05, 4.69) is 23.6 Å². The van der Waals surface area contributed by atoms with E-state index < -0.39 is 0 Å². The first-order chi connectivity index (χ1) is 22.2. The number of ether oxygens (including phenoxy) is 3. The van der Waals surface area contributed by atoms with Crippen LogP contribution in [0.2, 0.25) is 0 Å². The maximum Gasteiger partial charge on any atom is 0.253 e. The molecule has 0 spiro atoms. The minimum atomic E-state index is -0.0798. The Kier molecular flexibility index (Phi) is 12.3. The molecule has 0 aliphatic carbocycles. The number of likely N-dealkylation sites (tertiary alicyclic amines) is 1. The molecular weight excluding hydrogens is 582 g/mol. The number of hydrogen-bond donors (Lipinski definition) is 1. The normalized spacial score (nSPS) is 13.8. The molecule has 1 aliphatic rings. The number of carbonyl (C=O) groups is 2. The Morgan fingerprint density at radius 2 is 1.39 bits per heavy atom. The van der Waals surface area contributed by atoms with E-state index in [1.165, 1.54) is 0 Å². The molecule has 3 aromatic carbocycles. The molecule has 3 aromatic rings. The molecule has 1 heterocycles. The van der Waals surface area contributed by atoms with Gasteiger partial charge >= 0.3 is 0 Å². The van der Waals surface area contributed by atoms with Gasteiger partial charge in [0.1, 0.15) is 0 Å². The van der Waals surface area contributed by atoms with Gasteiger partial charge in [0.05, 0.1) is 21.3 Å². The molecule has 1 N–H and O–H groups in total. The molecule has 0 radical (unpaired) electrons. The number of benzene rings is 3. The highest BCUT2D eigenvalue weighted by atomic mass is 16.5. The molecule has 1 fully saturated rings. The van der Waals surface area contributed by atoms with Gasteiger partial charge in [-0.25, -0.2) is 0 Å². The van der Waals surface area contributed by atoms with Crippen LogP contribution in [-0.4, -0.2) is 79.1 Å². The highest BCUT2D eigenvalue weighted by Gasteiger charge is 2.31.